The van der Waals surface area contributed by atoms with Gasteiger partial charge < -0.3 is 14.6 Å². The summed E-state index contributed by atoms with van der Waals surface area (Å²) in [5, 5.41) is 1.02. The van der Waals surface area contributed by atoms with E-state index in [0.29, 0.717) is 32.2 Å². The van der Waals surface area contributed by atoms with Crippen LogP contribution in [0.5, 0.6) is 5.75 Å². The Morgan fingerprint density at radius 1 is 1.20 bits per heavy atom. The lowest BCUT2D eigenvalue weighted by atomic mass is 10.1. The largest absolute Gasteiger partial charge is 0.496 e. The molecule has 0 saturated carbocycles. The number of methoxy groups -OCH3 is 1. The van der Waals surface area contributed by atoms with Gasteiger partial charge in [0, 0.05) is 18.3 Å². The van der Waals surface area contributed by atoms with Gasteiger partial charge in [-0.25, -0.2) is 0 Å². The number of aryl methyl sites for hydroxylation is 1. The minimum Gasteiger partial charge on any atom is -0.496 e. The highest BCUT2D eigenvalue weighted by molar-refractivity contribution is 7.82. The van der Waals surface area contributed by atoms with E-state index in [4.69, 9.17) is 17.0 Å². The average molecular weight is 370 g/mol. The third kappa shape index (κ3) is 3.03. The molecule has 0 aliphatic rings. The second-order valence-corrected chi connectivity index (χ2v) is 6.53. The van der Waals surface area contributed by atoms with E-state index in [1.54, 1.807) is 12.0 Å². The zero-order chi connectivity index (χ0) is 18.1. The number of ether oxygens (including phenoxy) is 1. The number of nitrogens with zero attached hydrogens (tertiary/aromatic N) is 1. The molecule has 0 aliphatic carbocycles. The van der Waals surface area contributed by atoms with Crippen LogP contribution in [0.1, 0.15) is 11.1 Å². The molecule has 3 rings (SSSR count). The van der Waals surface area contributed by atoms with Crippen LogP contribution in [0.3, 0.4) is 0 Å². The summed E-state index contributed by atoms with van der Waals surface area (Å²) in [7, 11) is 3.43. The van der Waals surface area contributed by atoms with E-state index >= 15 is 0 Å². The number of fused-ring (bicyclic) bond motifs is 1. The molecule has 6 heteroatoms. The first-order valence-electron chi connectivity index (χ1n) is 7.71. The van der Waals surface area contributed by atoms with E-state index in [9.17, 15) is 4.79 Å². The van der Waals surface area contributed by atoms with Gasteiger partial charge in [-0.2, -0.15) is 0 Å². The van der Waals surface area contributed by atoms with Gasteiger partial charge in [-0.1, -0.05) is 30.4 Å². The number of pyridine rings is 1. The van der Waals surface area contributed by atoms with Crippen LogP contribution >= 0.6 is 24.8 Å². The zero-order valence-electron chi connectivity index (χ0n) is 14.2. The fraction of sp³-hybridized carbons (Fsp3) is 0.158. The van der Waals surface area contributed by atoms with Crippen LogP contribution < -0.4 is 15.1 Å². The molecule has 0 aliphatic heterocycles. The molecule has 0 radical (unpaired) electrons. The van der Waals surface area contributed by atoms with Crippen molar-refractivity contribution in [3.05, 3.63) is 63.8 Å². The number of rotatable bonds is 3. The van der Waals surface area contributed by atoms with Gasteiger partial charge in [-0.3, -0.25) is 4.79 Å². The fourth-order valence-electron chi connectivity index (χ4n) is 2.87. The molecule has 0 bridgehead atoms. The fourth-order valence-corrected chi connectivity index (χ4v) is 3.57. The van der Waals surface area contributed by atoms with Crippen molar-refractivity contribution in [2.45, 2.75) is 11.9 Å². The Balaban J connectivity index is 2.21. The Morgan fingerprint density at radius 3 is 2.52 bits per heavy atom. The number of aromatic nitrogens is 1. The number of nitrogens with one attached hydrogen (secondary N) is 1. The Labute approximate surface area is 156 Å². The number of hydrogen-bond acceptors (Lipinski definition) is 4. The molecule has 0 spiro atoms. The molecule has 0 fully saturated rings. The maximum absolute atomic E-state index is 13.2. The molecule has 3 aromatic rings. The van der Waals surface area contributed by atoms with E-state index in [1.165, 1.54) is 0 Å². The highest BCUT2D eigenvalue weighted by Gasteiger charge is 2.20. The Morgan fingerprint density at radius 2 is 1.88 bits per heavy atom. The van der Waals surface area contributed by atoms with Crippen LogP contribution in [0.25, 0.3) is 10.9 Å². The van der Waals surface area contributed by atoms with Gasteiger partial charge >= 0.3 is 0 Å². The second-order valence-electron chi connectivity index (χ2n) is 5.69. The average Bonchev–Trinajstić information content (AvgIpc) is 2.61. The van der Waals surface area contributed by atoms with Crippen molar-refractivity contribution in [2.75, 3.05) is 19.1 Å². The van der Waals surface area contributed by atoms with Crippen LogP contribution in [0, 0.1) is 6.92 Å². The molecular formula is C19H18N2O2S2. The first kappa shape index (κ1) is 17.5. The number of thiocarbonyl (C=S) groups is 1. The monoisotopic (exact) mass is 370 g/mol. The first-order valence-corrected chi connectivity index (χ1v) is 8.57. The molecule has 2 aromatic carbocycles. The lowest BCUT2D eigenvalue weighted by Crippen LogP contribution is -2.31. The lowest BCUT2D eigenvalue weighted by molar-refractivity contribution is 0.412. The molecule has 0 atom stereocenters. The summed E-state index contributed by atoms with van der Waals surface area (Å²) in [5.41, 5.74) is 2.63. The van der Waals surface area contributed by atoms with Crippen molar-refractivity contribution in [2.24, 2.45) is 0 Å². The highest BCUT2D eigenvalue weighted by Crippen LogP contribution is 2.26. The van der Waals surface area contributed by atoms with E-state index < -0.39 is 0 Å². The molecule has 1 N–H and O–H groups in total. The third-order valence-corrected chi connectivity index (χ3v) is 5.05. The summed E-state index contributed by atoms with van der Waals surface area (Å²) in [6.45, 7) is 1.86. The predicted octanol–water partition coefficient (Wildman–Crippen LogP) is 3.95. The van der Waals surface area contributed by atoms with Gasteiger partial charge in [-0.15, -0.1) is 12.6 Å². The molecule has 0 saturated heterocycles. The van der Waals surface area contributed by atoms with Gasteiger partial charge in [0.15, 0.2) is 0 Å². The summed E-state index contributed by atoms with van der Waals surface area (Å²) in [6.07, 6.45) is 0. The van der Waals surface area contributed by atoms with Gasteiger partial charge in [0.2, 0.25) is 5.43 Å². The molecule has 0 amide bonds. The number of para-hydroxylation sites is 1. The number of H-pyrrole nitrogens is 1. The molecule has 0 unspecified atom stereocenters. The summed E-state index contributed by atoms with van der Waals surface area (Å²) >= 11 is 10.1. The van der Waals surface area contributed by atoms with E-state index in [1.807, 2.05) is 56.4 Å². The smallest absolute Gasteiger partial charge is 0.201 e. The Kier molecular flexibility index (Phi) is 4.83. The summed E-state index contributed by atoms with van der Waals surface area (Å²) < 4.78 is 5.34. The van der Waals surface area contributed by atoms with Crippen LogP contribution in [0.2, 0.25) is 0 Å². The normalized spacial score (nSPS) is 10.7. The van der Waals surface area contributed by atoms with Crippen LogP contribution in [-0.4, -0.2) is 24.1 Å². The number of hydrogen-bond donors (Lipinski definition) is 2. The maximum Gasteiger partial charge on any atom is 0.201 e. The van der Waals surface area contributed by atoms with Gasteiger partial charge in [-0.05, 0) is 31.2 Å². The number of benzene rings is 2. The van der Waals surface area contributed by atoms with Crippen molar-refractivity contribution >= 4 is 46.4 Å². The first-order chi connectivity index (χ1) is 12.0. The van der Waals surface area contributed by atoms with Crippen molar-refractivity contribution in [1.29, 1.82) is 0 Å². The highest BCUT2D eigenvalue weighted by atomic mass is 32.1. The molecule has 1 aromatic heterocycles. The number of anilines is 1. The Hall–Kier alpha value is -2.31. The van der Waals surface area contributed by atoms with E-state index in [-0.39, 0.29) is 5.43 Å². The van der Waals surface area contributed by atoms with E-state index in [0.717, 1.165) is 11.3 Å². The number of thiol groups is 1. The molecule has 128 valence electrons. The summed E-state index contributed by atoms with van der Waals surface area (Å²) in [5.74, 6) is 0.665. The predicted molar refractivity (Wildman–Crippen MR) is 110 cm³/mol. The number of aromatic amines is 1. The Bertz CT molecular complexity index is 1010. The molecule has 1 heterocycles. The third-order valence-electron chi connectivity index (χ3n) is 4.24. The van der Waals surface area contributed by atoms with Crippen LogP contribution in [0.4, 0.5) is 5.69 Å². The summed E-state index contributed by atoms with van der Waals surface area (Å²) in [6, 6.07) is 13.3. The van der Waals surface area contributed by atoms with Crippen molar-refractivity contribution in [1.82, 2.24) is 4.98 Å². The van der Waals surface area contributed by atoms with Gasteiger partial charge in [0.05, 0.1) is 28.6 Å². The quantitative estimate of drug-likeness (QED) is 0.541. The van der Waals surface area contributed by atoms with Crippen LogP contribution in [0.15, 0.2) is 52.3 Å². The van der Waals surface area contributed by atoms with E-state index in [2.05, 4.69) is 17.6 Å². The minimum absolute atomic E-state index is 0.150. The van der Waals surface area contributed by atoms with Crippen molar-refractivity contribution in [3.8, 4) is 5.75 Å². The topological polar surface area (TPSA) is 45.3 Å². The molecule has 4 nitrogen and oxygen atoms in total. The zero-order valence-corrected chi connectivity index (χ0v) is 15.9. The van der Waals surface area contributed by atoms with Crippen molar-refractivity contribution in [3.63, 3.8) is 0 Å². The second kappa shape index (κ2) is 6.90. The summed E-state index contributed by atoms with van der Waals surface area (Å²) in [4.78, 5) is 18.6. The maximum atomic E-state index is 13.2. The van der Waals surface area contributed by atoms with Gasteiger partial charge in [0.1, 0.15) is 10.7 Å². The SMILES string of the molecule is COc1ccc2[nH]c(S)c(C(=S)N(C)c3ccccc3)c(=O)c2c1C. The molecule has 25 heavy (non-hydrogen) atoms. The van der Waals surface area contributed by atoms with Crippen LogP contribution in [-0.2, 0) is 0 Å². The lowest BCUT2D eigenvalue weighted by Gasteiger charge is -2.21. The minimum atomic E-state index is -0.150. The standard InChI is InChI=1S/C19H18N2O2S2/c1-11-14(23-3)10-9-13-15(11)17(22)16(18(24)20-13)19(25)21(2)12-7-5-4-6-8-12/h4-10H,1-3H3,(H2,20,22,24). The molecular weight excluding hydrogens is 352 g/mol. The van der Waals surface area contributed by atoms with Crippen molar-refractivity contribution < 1.29 is 4.74 Å². The van der Waals surface area contributed by atoms with Gasteiger partial charge in [0.25, 0.3) is 0 Å².